The number of fused-ring (bicyclic) bond motifs is 3. The summed E-state index contributed by atoms with van der Waals surface area (Å²) in [6, 6.07) is 20.9. The second-order valence-electron chi connectivity index (χ2n) is 8.18. The van der Waals surface area contributed by atoms with Crippen molar-refractivity contribution in [3.63, 3.8) is 0 Å². The molecule has 31 heavy (non-hydrogen) atoms. The number of anilines is 1. The van der Waals surface area contributed by atoms with E-state index >= 15 is 0 Å². The van der Waals surface area contributed by atoms with Crippen LogP contribution >= 0.6 is 11.3 Å². The molecule has 158 valence electrons. The Morgan fingerprint density at radius 2 is 1.55 bits per heavy atom. The Balaban J connectivity index is 1.65. The predicted octanol–water partition coefficient (Wildman–Crippen LogP) is 5.56. The van der Waals surface area contributed by atoms with E-state index in [9.17, 15) is 4.79 Å². The van der Waals surface area contributed by atoms with Gasteiger partial charge in [-0.2, -0.15) is 0 Å². The smallest absolute Gasteiger partial charge is 0.263 e. The van der Waals surface area contributed by atoms with Gasteiger partial charge < -0.3 is 4.90 Å². The maximum atomic E-state index is 13.6. The van der Waals surface area contributed by atoms with Crippen LogP contribution in [-0.4, -0.2) is 9.55 Å². The van der Waals surface area contributed by atoms with E-state index < -0.39 is 0 Å². The number of aryl methyl sites for hydroxylation is 2. The summed E-state index contributed by atoms with van der Waals surface area (Å²) in [5.41, 5.74) is 3.80. The van der Waals surface area contributed by atoms with Gasteiger partial charge in [0.25, 0.3) is 5.56 Å². The van der Waals surface area contributed by atoms with Gasteiger partial charge in [-0.1, -0.05) is 60.7 Å². The summed E-state index contributed by atoms with van der Waals surface area (Å²) < 4.78 is 1.87. The van der Waals surface area contributed by atoms with Crippen LogP contribution in [0.5, 0.6) is 0 Å². The fourth-order valence-corrected chi connectivity index (χ4v) is 5.81. The molecular formula is C26H27N3OS. The molecule has 0 unspecified atom stereocenters. The molecule has 1 aliphatic carbocycles. The van der Waals surface area contributed by atoms with Gasteiger partial charge in [-0.3, -0.25) is 9.36 Å². The molecule has 1 aliphatic rings. The molecule has 0 saturated heterocycles. The van der Waals surface area contributed by atoms with Crippen molar-refractivity contribution < 1.29 is 0 Å². The first-order valence-electron chi connectivity index (χ1n) is 11.1. The lowest BCUT2D eigenvalue weighted by atomic mass is 9.97. The van der Waals surface area contributed by atoms with Crippen LogP contribution in [-0.2, 0) is 32.5 Å². The average Bonchev–Trinajstić information content (AvgIpc) is 3.19. The third-order valence-electron chi connectivity index (χ3n) is 6.09. The van der Waals surface area contributed by atoms with E-state index in [1.165, 1.54) is 34.4 Å². The normalized spacial score (nSPS) is 13.3. The Kier molecular flexibility index (Phi) is 5.60. The van der Waals surface area contributed by atoms with Crippen molar-refractivity contribution in [3.05, 3.63) is 92.6 Å². The molecule has 2 aromatic carbocycles. The molecular weight excluding hydrogens is 402 g/mol. The lowest BCUT2D eigenvalue weighted by Gasteiger charge is -2.26. The molecule has 0 amide bonds. The molecule has 0 saturated carbocycles. The van der Waals surface area contributed by atoms with E-state index in [0.29, 0.717) is 19.6 Å². The van der Waals surface area contributed by atoms with Crippen LogP contribution in [0.2, 0.25) is 0 Å². The third kappa shape index (κ3) is 3.90. The van der Waals surface area contributed by atoms with Gasteiger partial charge in [0.2, 0.25) is 5.95 Å². The van der Waals surface area contributed by atoms with Crippen LogP contribution in [0.25, 0.3) is 10.2 Å². The van der Waals surface area contributed by atoms with Gasteiger partial charge in [-0.25, -0.2) is 4.98 Å². The van der Waals surface area contributed by atoms with Crippen molar-refractivity contribution in [1.82, 2.24) is 9.55 Å². The maximum absolute atomic E-state index is 13.6. The van der Waals surface area contributed by atoms with Crippen LogP contribution in [0.1, 0.15) is 41.3 Å². The molecule has 4 nitrogen and oxygen atoms in total. The Labute approximate surface area is 186 Å². The average molecular weight is 430 g/mol. The second kappa shape index (κ2) is 8.67. The van der Waals surface area contributed by atoms with Gasteiger partial charge >= 0.3 is 0 Å². The van der Waals surface area contributed by atoms with Crippen LogP contribution in [0.4, 0.5) is 5.95 Å². The van der Waals surface area contributed by atoms with Crippen molar-refractivity contribution in [1.29, 1.82) is 0 Å². The summed E-state index contributed by atoms with van der Waals surface area (Å²) in [6.45, 7) is 4.07. The molecule has 0 bridgehead atoms. The summed E-state index contributed by atoms with van der Waals surface area (Å²) >= 11 is 1.73. The Morgan fingerprint density at radius 3 is 2.16 bits per heavy atom. The van der Waals surface area contributed by atoms with E-state index in [2.05, 4.69) is 53.4 Å². The molecule has 2 aromatic heterocycles. The molecule has 0 N–H and O–H groups in total. The number of aromatic nitrogens is 2. The molecule has 0 spiro atoms. The monoisotopic (exact) mass is 429 g/mol. The van der Waals surface area contributed by atoms with Crippen LogP contribution in [0.15, 0.2) is 65.5 Å². The highest BCUT2D eigenvalue weighted by Gasteiger charge is 2.24. The number of rotatable bonds is 6. The first-order valence-corrected chi connectivity index (χ1v) is 11.9. The molecule has 0 aliphatic heterocycles. The molecule has 5 rings (SSSR count). The standard InChI is InChI=1S/C26H27N3OS/c1-2-29-25(30)23-21-15-9-10-16-22(21)31-24(23)27-26(29)28(17-19-11-5-3-6-12-19)18-20-13-7-4-8-14-20/h3-8,11-14H,2,9-10,15-18H2,1H3. The topological polar surface area (TPSA) is 38.1 Å². The first-order chi connectivity index (χ1) is 15.2. The summed E-state index contributed by atoms with van der Waals surface area (Å²) in [5, 5.41) is 0.865. The molecule has 0 fully saturated rings. The quantitative estimate of drug-likeness (QED) is 0.402. The maximum Gasteiger partial charge on any atom is 0.263 e. The molecule has 0 atom stereocenters. The number of nitrogens with zero attached hydrogens (tertiary/aromatic N) is 3. The minimum Gasteiger partial charge on any atom is -0.333 e. The van der Waals surface area contributed by atoms with Crippen molar-refractivity contribution in [2.75, 3.05) is 4.90 Å². The molecule has 4 aromatic rings. The van der Waals surface area contributed by atoms with Crippen molar-refractivity contribution in [3.8, 4) is 0 Å². The highest BCUT2D eigenvalue weighted by Crippen LogP contribution is 2.35. The molecule has 5 heteroatoms. The van der Waals surface area contributed by atoms with Gasteiger partial charge in [0.05, 0.1) is 5.39 Å². The van der Waals surface area contributed by atoms with E-state index in [0.717, 1.165) is 29.0 Å². The highest BCUT2D eigenvalue weighted by molar-refractivity contribution is 7.18. The van der Waals surface area contributed by atoms with E-state index in [1.54, 1.807) is 11.3 Å². The van der Waals surface area contributed by atoms with Crippen LogP contribution < -0.4 is 10.5 Å². The van der Waals surface area contributed by atoms with Crippen molar-refractivity contribution in [2.45, 2.75) is 52.2 Å². The predicted molar refractivity (Wildman–Crippen MR) is 129 cm³/mol. The number of hydrogen-bond acceptors (Lipinski definition) is 4. The van der Waals surface area contributed by atoms with Crippen LogP contribution in [0, 0.1) is 0 Å². The summed E-state index contributed by atoms with van der Waals surface area (Å²) in [4.78, 5) is 23.3. The van der Waals surface area contributed by atoms with E-state index in [4.69, 9.17) is 4.98 Å². The SMILES string of the molecule is CCn1c(N(Cc2ccccc2)Cc2ccccc2)nc2sc3c(c2c1=O)CCCC3. The summed E-state index contributed by atoms with van der Waals surface area (Å²) in [6.07, 6.45) is 4.46. The van der Waals surface area contributed by atoms with Gasteiger partial charge in [0, 0.05) is 24.5 Å². The van der Waals surface area contributed by atoms with Gasteiger partial charge in [0.15, 0.2) is 0 Å². The van der Waals surface area contributed by atoms with E-state index in [-0.39, 0.29) is 5.56 Å². The van der Waals surface area contributed by atoms with Crippen molar-refractivity contribution in [2.24, 2.45) is 0 Å². The Bertz CT molecular complexity index is 1200. The second-order valence-corrected chi connectivity index (χ2v) is 9.26. The van der Waals surface area contributed by atoms with Gasteiger partial charge in [-0.15, -0.1) is 11.3 Å². The minimum absolute atomic E-state index is 0.119. The molecule has 0 radical (unpaired) electrons. The van der Waals surface area contributed by atoms with Crippen molar-refractivity contribution >= 4 is 27.5 Å². The lowest BCUT2D eigenvalue weighted by molar-refractivity contribution is 0.657. The summed E-state index contributed by atoms with van der Waals surface area (Å²) in [7, 11) is 0. The third-order valence-corrected chi connectivity index (χ3v) is 7.27. The zero-order valence-electron chi connectivity index (χ0n) is 17.9. The fraction of sp³-hybridized carbons (Fsp3) is 0.308. The zero-order valence-corrected chi connectivity index (χ0v) is 18.7. The molecule has 2 heterocycles. The summed E-state index contributed by atoms with van der Waals surface area (Å²) in [5.74, 6) is 0.770. The fourth-order valence-electron chi connectivity index (χ4n) is 4.56. The van der Waals surface area contributed by atoms with E-state index in [1.807, 2.05) is 23.6 Å². The Morgan fingerprint density at radius 1 is 0.935 bits per heavy atom. The highest BCUT2D eigenvalue weighted by atomic mass is 32.1. The minimum atomic E-state index is 0.119. The number of thiophene rings is 1. The van der Waals surface area contributed by atoms with Crippen LogP contribution in [0.3, 0.4) is 0 Å². The zero-order chi connectivity index (χ0) is 21.2. The van der Waals surface area contributed by atoms with Gasteiger partial charge in [-0.05, 0) is 49.3 Å². The number of hydrogen-bond donors (Lipinski definition) is 0. The Hall–Kier alpha value is -2.92. The first kappa shape index (κ1) is 20.0. The lowest BCUT2D eigenvalue weighted by Crippen LogP contribution is -2.32. The van der Waals surface area contributed by atoms with Gasteiger partial charge in [0.1, 0.15) is 4.83 Å². The number of benzene rings is 2. The largest absolute Gasteiger partial charge is 0.333 e.